The predicted molar refractivity (Wildman–Crippen MR) is 82.8 cm³/mol. The third kappa shape index (κ3) is 2.69. The topological polar surface area (TPSA) is 64.9 Å². The van der Waals surface area contributed by atoms with Crippen molar-refractivity contribution in [2.24, 2.45) is 0 Å². The van der Waals surface area contributed by atoms with E-state index in [9.17, 15) is 4.79 Å². The van der Waals surface area contributed by atoms with E-state index in [-0.39, 0.29) is 5.91 Å². The molecule has 0 aliphatic carbocycles. The maximum atomic E-state index is 12.3. The number of carbonyl (C=O) groups excluding carboxylic acids is 1. The van der Waals surface area contributed by atoms with Gasteiger partial charge in [0.2, 0.25) is 0 Å². The Kier molecular flexibility index (Phi) is 3.51. The monoisotopic (exact) mass is 297 g/mol. The number of halogens is 1. The molecule has 0 spiro atoms. The van der Waals surface area contributed by atoms with E-state index in [1.807, 2.05) is 18.2 Å². The van der Waals surface area contributed by atoms with Gasteiger partial charge in [0, 0.05) is 17.8 Å². The average molecular weight is 298 g/mol. The van der Waals surface area contributed by atoms with Crippen LogP contribution in [0.3, 0.4) is 0 Å². The first kappa shape index (κ1) is 13.5. The largest absolute Gasteiger partial charge is 0.384 e. The van der Waals surface area contributed by atoms with Crippen molar-refractivity contribution < 1.29 is 4.79 Å². The Morgan fingerprint density at radius 1 is 1.29 bits per heavy atom. The highest BCUT2D eigenvalue weighted by Gasteiger charge is 2.14. The Morgan fingerprint density at radius 3 is 2.90 bits per heavy atom. The minimum atomic E-state index is -0.224. The number of fused-ring (bicyclic) bond motifs is 1. The molecule has 1 aliphatic rings. The number of carbonyl (C=O) groups is 1. The normalized spacial score (nSPS) is 12.2. The van der Waals surface area contributed by atoms with Gasteiger partial charge in [-0.25, -0.2) is 0 Å². The van der Waals surface area contributed by atoms with Gasteiger partial charge in [-0.1, -0.05) is 17.7 Å². The van der Waals surface area contributed by atoms with E-state index in [1.165, 1.54) is 11.6 Å². The van der Waals surface area contributed by atoms with E-state index in [0.717, 1.165) is 18.7 Å². The number of hydrogen-bond donors (Lipinski definition) is 2. The summed E-state index contributed by atoms with van der Waals surface area (Å²) in [6.45, 7) is 0.905. The zero-order chi connectivity index (χ0) is 14.8. The standard InChI is InChI=1S/C16H12ClN3O/c17-13-7-10(9-18)1-4-14(13)20-16(21)12-3-2-11-5-6-19-15(11)8-12/h1-4,7-8,19H,5-6H2,(H,20,21). The summed E-state index contributed by atoms with van der Waals surface area (Å²) >= 11 is 6.06. The first-order valence-corrected chi connectivity index (χ1v) is 6.93. The van der Waals surface area contributed by atoms with E-state index in [0.29, 0.717) is 21.8 Å². The average Bonchev–Trinajstić information content (AvgIpc) is 2.96. The van der Waals surface area contributed by atoms with Crippen molar-refractivity contribution in [3.8, 4) is 6.07 Å². The number of anilines is 2. The first-order chi connectivity index (χ1) is 10.2. The molecule has 104 valence electrons. The van der Waals surface area contributed by atoms with Gasteiger partial charge in [0.15, 0.2) is 0 Å². The number of hydrogen-bond acceptors (Lipinski definition) is 3. The Labute approximate surface area is 127 Å². The van der Waals surface area contributed by atoms with E-state index in [1.54, 1.807) is 18.2 Å². The van der Waals surface area contributed by atoms with Crippen LogP contribution in [0, 0.1) is 11.3 Å². The van der Waals surface area contributed by atoms with E-state index >= 15 is 0 Å². The molecule has 0 aromatic heterocycles. The van der Waals surface area contributed by atoms with Crippen molar-refractivity contribution in [3.63, 3.8) is 0 Å². The molecule has 0 fully saturated rings. The zero-order valence-electron chi connectivity index (χ0n) is 11.1. The third-order valence-electron chi connectivity index (χ3n) is 3.43. The Hall–Kier alpha value is -2.51. The van der Waals surface area contributed by atoms with Crippen LogP contribution in [0.25, 0.3) is 0 Å². The molecule has 5 heteroatoms. The number of nitrogens with zero attached hydrogens (tertiary/aromatic N) is 1. The minimum Gasteiger partial charge on any atom is -0.384 e. The lowest BCUT2D eigenvalue weighted by Crippen LogP contribution is -2.12. The van der Waals surface area contributed by atoms with Gasteiger partial charge in [0.1, 0.15) is 0 Å². The van der Waals surface area contributed by atoms with Gasteiger partial charge in [0.05, 0.1) is 22.3 Å². The quantitative estimate of drug-likeness (QED) is 0.892. The summed E-state index contributed by atoms with van der Waals surface area (Å²) in [5.41, 5.74) is 3.76. The Morgan fingerprint density at radius 2 is 2.14 bits per heavy atom. The van der Waals surface area contributed by atoms with Crippen LogP contribution in [0.4, 0.5) is 11.4 Å². The summed E-state index contributed by atoms with van der Waals surface area (Å²) in [6.07, 6.45) is 0.985. The molecule has 0 atom stereocenters. The SMILES string of the molecule is N#Cc1ccc(NC(=O)c2ccc3c(c2)NCC3)c(Cl)c1. The molecule has 4 nitrogen and oxygen atoms in total. The van der Waals surface area contributed by atoms with Crippen molar-refractivity contribution in [1.29, 1.82) is 5.26 Å². The van der Waals surface area contributed by atoms with Gasteiger partial charge < -0.3 is 10.6 Å². The summed E-state index contributed by atoms with van der Waals surface area (Å²) < 4.78 is 0. The van der Waals surface area contributed by atoms with Crippen LogP contribution in [-0.2, 0) is 6.42 Å². The van der Waals surface area contributed by atoms with Crippen molar-refractivity contribution in [1.82, 2.24) is 0 Å². The molecule has 2 N–H and O–H groups in total. The molecule has 0 radical (unpaired) electrons. The van der Waals surface area contributed by atoms with E-state index in [2.05, 4.69) is 10.6 Å². The van der Waals surface area contributed by atoms with E-state index in [4.69, 9.17) is 16.9 Å². The van der Waals surface area contributed by atoms with Crippen LogP contribution in [0.2, 0.25) is 5.02 Å². The first-order valence-electron chi connectivity index (χ1n) is 6.55. The third-order valence-corrected chi connectivity index (χ3v) is 3.74. The maximum Gasteiger partial charge on any atom is 0.255 e. The van der Waals surface area contributed by atoms with Crippen molar-refractivity contribution in [3.05, 3.63) is 58.1 Å². The fourth-order valence-corrected chi connectivity index (χ4v) is 2.54. The Bertz CT molecular complexity index is 765. The molecule has 3 rings (SSSR count). The van der Waals surface area contributed by atoms with Gasteiger partial charge >= 0.3 is 0 Å². The molecule has 0 saturated heterocycles. The molecular weight excluding hydrogens is 286 g/mol. The lowest BCUT2D eigenvalue weighted by atomic mass is 10.1. The van der Waals surface area contributed by atoms with Crippen LogP contribution in [0.5, 0.6) is 0 Å². The fraction of sp³-hybridized carbons (Fsp3) is 0.125. The molecule has 0 bridgehead atoms. The van der Waals surface area contributed by atoms with Gasteiger partial charge in [-0.15, -0.1) is 0 Å². The lowest BCUT2D eigenvalue weighted by molar-refractivity contribution is 0.102. The highest BCUT2D eigenvalue weighted by Crippen LogP contribution is 2.26. The van der Waals surface area contributed by atoms with Crippen LogP contribution in [-0.4, -0.2) is 12.5 Å². The van der Waals surface area contributed by atoms with Gasteiger partial charge in [-0.05, 0) is 42.3 Å². The second-order valence-electron chi connectivity index (χ2n) is 4.81. The second kappa shape index (κ2) is 5.47. The number of nitriles is 1. The van der Waals surface area contributed by atoms with Crippen LogP contribution in [0.1, 0.15) is 21.5 Å². The Balaban J connectivity index is 1.82. The van der Waals surface area contributed by atoms with Crippen LogP contribution < -0.4 is 10.6 Å². The molecule has 21 heavy (non-hydrogen) atoms. The highest BCUT2D eigenvalue weighted by atomic mass is 35.5. The minimum absolute atomic E-state index is 0.224. The predicted octanol–water partition coefficient (Wildman–Crippen LogP) is 3.43. The van der Waals surface area contributed by atoms with E-state index < -0.39 is 0 Å². The molecule has 2 aromatic rings. The molecular formula is C16H12ClN3O. The molecule has 1 amide bonds. The summed E-state index contributed by atoms with van der Waals surface area (Å²) in [4.78, 5) is 12.3. The lowest BCUT2D eigenvalue weighted by Gasteiger charge is -2.09. The summed E-state index contributed by atoms with van der Waals surface area (Å²) in [5, 5.41) is 15.2. The fourth-order valence-electron chi connectivity index (χ4n) is 2.31. The van der Waals surface area contributed by atoms with Crippen molar-refractivity contribution in [2.45, 2.75) is 6.42 Å². The number of nitrogens with one attached hydrogen (secondary N) is 2. The zero-order valence-corrected chi connectivity index (χ0v) is 11.9. The van der Waals surface area contributed by atoms with Crippen molar-refractivity contribution >= 4 is 28.9 Å². The summed E-state index contributed by atoms with van der Waals surface area (Å²) in [5.74, 6) is -0.224. The second-order valence-corrected chi connectivity index (χ2v) is 5.22. The summed E-state index contributed by atoms with van der Waals surface area (Å²) in [7, 11) is 0. The van der Waals surface area contributed by atoms with Gasteiger partial charge in [-0.3, -0.25) is 4.79 Å². The highest BCUT2D eigenvalue weighted by molar-refractivity contribution is 6.34. The number of amides is 1. The number of rotatable bonds is 2. The smallest absolute Gasteiger partial charge is 0.255 e. The van der Waals surface area contributed by atoms with Crippen LogP contribution >= 0.6 is 11.6 Å². The molecule has 1 heterocycles. The molecule has 0 saturated carbocycles. The van der Waals surface area contributed by atoms with Gasteiger partial charge in [-0.2, -0.15) is 5.26 Å². The van der Waals surface area contributed by atoms with Crippen molar-refractivity contribution in [2.75, 3.05) is 17.2 Å². The summed E-state index contributed by atoms with van der Waals surface area (Å²) in [6, 6.07) is 12.4. The maximum absolute atomic E-state index is 12.3. The molecule has 1 aliphatic heterocycles. The molecule has 2 aromatic carbocycles. The van der Waals surface area contributed by atoms with Gasteiger partial charge in [0.25, 0.3) is 5.91 Å². The number of benzene rings is 2. The molecule has 0 unspecified atom stereocenters. The van der Waals surface area contributed by atoms with Crippen LogP contribution in [0.15, 0.2) is 36.4 Å².